The summed E-state index contributed by atoms with van der Waals surface area (Å²) in [7, 11) is 0. The Hall–Kier alpha value is -0.0800. The van der Waals surface area contributed by atoms with Crippen molar-refractivity contribution in [2.24, 2.45) is 47.0 Å². The fourth-order valence-electron chi connectivity index (χ4n) is 7.17. The number of hydrogen-bond acceptors (Lipinski definition) is 2. The lowest BCUT2D eigenvalue weighted by molar-refractivity contribution is -0.122. The first-order valence-corrected chi connectivity index (χ1v) is 7.23. The van der Waals surface area contributed by atoms with Gasteiger partial charge in [-0.05, 0) is 74.0 Å². The average Bonchev–Trinajstić information content (AvgIpc) is 2.91. The van der Waals surface area contributed by atoms with Crippen molar-refractivity contribution >= 4 is 0 Å². The number of hydrogen-bond donors (Lipinski definition) is 2. The van der Waals surface area contributed by atoms with Gasteiger partial charge in [-0.15, -0.1) is 0 Å². The van der Waals surface area contributed by atoms with Crippen LogP contribution in [0.15, 0.2) is 0 Å². The summed E-state index contributed by atoms with van der Waals surface area (Å²) in [5, 5.41) is 0. The quantitative estimate of drug-likeness (QED) is 0.647. The molecule has 5 aliphatic carbocycles. The molecule has 0 aliphatic heterocycles. The summed E-state index contributed by atoms with van der Waals surface area (Å²) in [6.07, 6.45) is 8.29. The molecule has 0 aromatic carbocycles. The van der Waals surface area contributed by atoms with Crippen molar-refractivity contribution in [2.75, 3.05) is 0 Å². The second kappa shape index (κ2) is 2.24. The predicted molar refractivity (Wildman–Crippen MR) is 62.5 cm³/mol. The molecule has 88 valence electrons. The maximum atomic E-state index is 6.87. The Bertz CT molecular complexity index is 373. The molecule has 8 atom stereocenters. The van der Waals surface area contributed by atoms with Gasteiger partial charge < -0.3 is 11.5 Å². The smallest absolute Gasteiger partial charge is 0.0405 e. The normalized spacial score (nSPS) is 73.9. The van der Waals surface area contributed by atoms with Crippen LogP contribution in [0.5, 0.6) is 0 Å². The Balaban J connectivity index is 1.65. The van der Waals surface area contributed by atoms with E-state index in [-0.39, 0.29) is 11.1 Å². The van der Waals surface area contributed by atoms with E-state index in [0.29, 0.717) is 0 Å². The molecular weight excluding hydrogens is 196 g/mol. The van der Waals surface area contributed by atoms with Crippen LogP contribution >= 0.6 is 0 Å². The van der Waals surface area contributed by atoms with Crippen molar-refractivity contribution < 1.29 is 0 Å². The van der Waals surface area contributed by atoms with E-state index < -0.39 is 0 Å². The van der Waals surface area contributed by atoms with E-state index in [4.69, 9.17) is 11.5 Å². The van der Waals surface area contributed by atoms with E-state index in [1.165, 1.54) is 38.5 Å². The minimum Gasteiger partial charge on any atom is -0.324 e. The second-order valence-electron chi connectivity index (χ2n) is 7.55. The first-order chi connectivity index (χ1) is 7.65. The van der Waals surface area contributed by atoms with Gasteiger partial charge in [-0.3, -0.25) is 0 Å². The Kier molecular flexibility index (Phi) is 1.25. The summed E-state index contributed by atoms with van der Waals surface area (Å²) in [6, 6.07) is 0. The summed E-state index contributed by atoms with van der Waals surface area (Å²) in [4.78, 5) is 0. The second-order valence-corrected chi connectivity index (χ2v) is 7.55. The van der Waals surface area contributed by atoms with Gasteiger partial charge in [0.25, 0.3) is 0 Å². The van der Waals surface area contributed by atoms with E-state index in [1.807, 2.05) is 0 Å². The van der Waals surface area contributed by atoms with Crippen LogP contribution in [0.2, 0.25) is 0 Å². The summed E-state index contributed by atoms with van der Waals surface area (Å²) in [6.45, 7) is 0. The first kappa shape index (κ1) is 8.93. The molecule has 16 heavy (non-hydrogen) atoms. The maximum Gasteiger partial charge on any atom is 0.0405 e. The van der Waals surface area contributed by atoms with Gasteiger partial charge >= 0.3 is 0 Å². The number of nitrogens with two attached hydrogens (primary N) is 2. The zero-order valence-corrected chi connectivity index (χ0v) is 9.86. The summed E-state index contributed by atoms with van der Waals surface area (Å²) in [5.74, 6) is 5.55. The van der Waals surface area contributed by atoms with Crippen LogP contribution < -0.4 is 11.5 Å². The standard InChI is InChI=1S/C14H22N2/c15-13-4-3-9(6-13)12-10-7-1-2-8(5-7)11(10)14(12,13)16/h7-12H,1-6,15-16H2. The molecule has 5 saturated carbocycles. The minimum absolute atomic E-state index is 0.0357. The molecular formula is C14H22N2. The summed E-state index contributed by atoms with van der Waals surface area (Å²) >= 11 is 0. The highest BCUT2D eigenvalue weighted by Crippen LogP contribution is 2.76. The van der Waals surface area contributed by atoms with Gasteiger partial charge in [0.05, 0.1) is 0 Å². The summed E-state index contributed by atoms with van der Waals surface area (Å²) < 4.78 is 0. The van der Waals surface area contributed by atoms with Gasteiger partial charge in [0.1, 0.15) is 0 Å². The zero-order chi connectivity index (χ0) is 10.7. The summed E-state index contributed by atoms with van der Waals surface area (Å²) in [5.41, 5.74) is 13.7. The fourth-order valence-corrected chi connectivity index (χ4v) is 7.17. The van der Waals surface area contributed by atoms with Crippen LogP contribution in [0.25, 0.3) is 0 Å². The predicted octanol–water partition coefficient (Wildman–Crippen LogP) is 1.49. The molecule has 0 heterocycles. The molecule has 0 saturated heterocycles. The molecule has 0 aromatic heterocycles. The topological polar surface area (TPSA) is 52.0 Å². The molecule has 4 bridgehead atoms. The van der Waals surface area contributed by atoms with E-state index in [2.05, 4.69) is 0 Å². The Morgan fingerprint density at radius 2 is 1.62 bits per heavy atom. The Morgan fingerprint density at radius 3 is 2.50 bits per heavy atom. The number of rotatable bonds is 0. The largest absolute Gasteiger partial charge is 0.324 e. The van der Waals surface area contributed by atoms with Gasteiger partial charge in [-0.2, -0.15) is 0 Å². The van der Waals surface area contributed by atoms with Crippen LogP contribution in [0, 0.1) is 35.5 Å². The van der Waals surface area contributed by atoms with E-state index >= 15 is 0 Å². The molecule has 4 N–H and O–H groups in total. The van der Waals surface area contributed by atoms with Crippen LogP contribution in [0.1, 0.15) is 38.5 Å². The van der Waals surface area contributed by atoms with Gasteiger partial charge in [0.15, 0.2) is 0 Å². The minimum atomic E-state index is 0.0357. The zero-order valence-electron chi connectivity index (χ0n) is 9.86. The van der Waals surface area contributed by atoms with E-state index in [9.17, 15) is 0 Å². The van der Waals surface area contributed by atoms with Gasteiger partial charge in [0, 0.05) is 11.1 Å². The molecule has 0 amide bonds. The van der Waals surface area contributed by atoms with E-state index in [1.54, 1.807) is 0 Å². The Labute approximate surface area is 97.1 Å². The van der Waals surface area contributed by atoms with Gasteiger partial charge in [-0.25, -0.2) is 0 Å². The first-order valence-electron chi connectivity index (χ1n) is 7.23. The van der Waals surface area contributed by atoms with Crippen LogP contribution in [0.3, 0.4) is 0 Å². The molecule has 0 radical (unpaired) electrons. The molecule has 8 unspecified atom stereocenters. The van der Waals surface area contributed by atoms with Crippen LogP contribution in [0.4, 0.5) is 0 Å². The van der Waals surface area contributed by atoms with Crippen molar-refractivity contribution in [1.82, 2.24) is 0 Å². The van der Waals surface area contributed by atoms with Crippen molar-refractivity contribution in [1.29, 1.82) is 0 Å². The lowest BCUT2D eigenvalue weighted by Crippen LogP contribution is -2.79. The lowest BCUT2D eigenvalue weighted by atomic mass is 9.42. The third kappa shape index (κ3) is 0.626. The van der Waals surface area contributed by atoms with Crippen molar-refractivity contribution in [3.8, 4) is 0 Å². The van der Waals surface area contributed by atoms with Crippen LogP contribution in [-0.2, 0) is 0 Å². The molecule has 2 nitrogen and oxygen atoms in total. The van der Waals surface area contributed by atoms with E-state index in [0.717, 1.165) is 35.5 Å². The third-order valence-electron chi connectivity index (χ3n) is 7.46. The highest BCUT2D eigenvalue weighted by molar-refractivity contribution is 5.35. The highest BCUT2D eigenvalue weighted by atomic mass is 15.1. The molecule has 0 aromatic rings. The lowest BCUT2D eigenvalue weighted by Gasteiger charge is -2.66. The molecule has 5 rings (SSSR count). The average molecular weight is 218 g/mol. The molecule has 0 spiro atoms. The maximum absolute atomic E-state index is 6.87. The Morgan fingerprint density at radius 1 is 0.875 bits per heavy atom. The molecule has 5 fully saturated rings. The van der Waals surface area contributed by atoms with Crippen molar-refractivity contribution in [2.45, 2.75) is 49.6 Å². The number of fused-ring (bicyclic) bond motifs is 12. The van der Waals surface area contributed by atoms with Gasteiger partial charge in [0.2, 0.25) is 0 Å². The monoisotopic (exact) mass is 218 g/mol. The third-order valence-corrected chi connectivity index (χ3v) is 7.46. The molecule has 5 aliphatic rings. The highest BCUT2D eigenvalue weighted by Gasteiger charge is 2.80. The SMILES string of the molecule is NC12CCC(C1)C1C3C4CCC(C4)C3C12N. The van der Waals surface area contributed by atoms with Crippen molar-refractivity contribution in [3.05, 3.63) is 0 Å². The fraction of sp³-hybridized carbons (Fsp3) is 1.00. The van der Waals surface area contributed by atoms with Crippen LogP contribution in [-0.4, -0.2) is 11.1 Å². The van der Waals surface area contributed by atoms with Crippen molar-refractivity contribution in [3.63, 3.8) is 0 Å². The molecule has 2 heteroatoms. The van der Waals surface area contributed by atoms with Gasteiger partial charge in [-0.1, -0.05) is 0 Å².